The quantitative estimate of drug-likeness (QED) is 0.623. The van der Waals surface area contributed by atoms with E-state index >= 15 is 0 Å². The highest BCUT2D eigenvalue weighted by molar-refractivity contribution is 6.66. The molecule has 0 amide bonds. The molecule has 3 nitrogen and oxygen atoms in total. The summed E-state index contributed by atoms with van der Waals surface area (Å²) in [6, 6.07) is 0. The van der Waals surface area contributed by atoms with E-state index in [1.54, 1.807) is 0 Å². The van der Waals surface area contributed by atoms with Gasteiger partial charge in [-0.25, -0.2) is 0 Å². The zero-order valence-corrected chi connectivity index (χ0v) is 13.3. The van der Waals surface area contributed by atoms with E-state index in [-0.39, 0.29) is 18.3 Å². The Balaban J connectivity index is 4.96. The largest absolute Gasteiger partial charge is 0.529 e. The van der Waals surface area contributed by atoms with Gasteiger partial charge in [0.15, 0.2) is 0 Å². The summed E-state index contributed by atoms with van der Waals surface area (Å²) in [7, 11) is -2.69. The van der Waals surface area contributed by atoms with Crippen LogP contribution in [0, 0.1) is 0 Å². The molecular weight excluding hydrogens is 232 g/mol. The third kappa shape index (κ3) is 7.71. The summed E-state index contributed by atoms with van der Waals surface area (Å²) in [4.78, 5) is 0. The van der Waals surface area contributed by atoms with E-state index in [2.05, 4.69) is 13.0 Å². The topological polar surface area (TPSA) is 27.7 Å². The van der Waals surface area contributed by atoms with E-state index in [0.717, 1.165) is 6.42 Å². The summed E-state index contributed by atoms with van der Waals surface area (Å²) >= 11 is 0. The Morgan fingerprint density at radius 1 is 0.824 bits per heavy atom. The van der Waals surface area contributed by atoms with E-state index < -0.39 is 8.80 Å². The maximum atomic E-state index is 5.97. The third-order valence-electron chi connectivity index (χ3n) is 1.76. The molecule has 0 bridgehead atoms. The molecule has 0 saturated heterocycles. The second-order valence-corrected chi connectivity index (χ2v) is 7.16. The van der Waals surface area contributed by atoms with Gasteiger partial charge in [0, 0.05) is 18.3 Å². The van der Waals surface area contributed by atoms with Crippen LogP contribution >= 0.6 is 0 Å². The van der Waals surface area contributed by atoms with Crippen LogP contribution in [0.25, 0.3) is 0 Å². The molecule has 0 atom stereocenters. The fourth-order valence-corrected chi connectivity index (χ4v) is 4.35. The predicted molar refractivity (Wildman–Crippen MR) is 73.8 cm³/mol. The van der Waals surface area contributed by atoms with Crippen LogP contribution in [-0.4, -0.2) is 27.1 Å². The van der Waals surface area contributed by atoms with Gasteiger partial charge >= 0.3 is 8.80 Å². The average Bonchev–Trinajstić information content (AvgIpc) is 2.11. The highest BCUT2D eigenvalue weighted by atomic mass is 28.4. The van der Waals surface area contributed by atoms with Crippen LogP contribution in [0.1, 0.15) is 54.9 Å². The maximum Gasteiger partial charge on any atom is 0.529 e. The SMILES string of the molecule is CC/C=C/[Si](OC(C)C)(OC(C)C)OC(C)C. The van der Waals surface area contributed by atoms with Crippen molar-refractivity contribution < 1.29 is 13.3 Å². The maximum absolute atomic E-state index is 5.97. The van der Waals surface area contributed by atoms with Crippen molar-refractivity contribution in [3.8, 4) is 0 Å². The zero-order chi connectivity index (χ0) is 13.5. The molecule has 0 aliphatic rings. The van der Waals surface area contributed by atoms with Crippen molar-refractivity contribution in [3.05, 3.63) is 11.8 Å². The van der Waals surface area contributed by atoms with Crippen LogP contribution in [0.4, 0.5) is 0 Å². The predicted octanol–water partition coefficient (Wildman–Crippen LogP) is 3.71. The van der Waals surface area contributed by atoms with Gasteiger partial charge in [-0.3, -0.25) is 0 Å². The molecule has 0 N–H and O–H groups in total. The fraction of sp³-hybridized carbons (Fsp3) is 0.846. The Bertz CT molecular complexity index is 198. The highest BCUT2D eigenvalue weighted by Gasteiger charge is 2.41. The summed E-state index contributed by atoms with van der Waals surface area (Å²) in [5, 5.41) is 0. The van der Waals surface area contributed by atoms with Crippen molar-refractivity contribution in [2.45, 2.75) is 73.2 Å². The van der Waals surface area contributed by atoms with Crippen molar-refractivity contribution >= 4 is 8.80 Å². The Hall–Kier alpha value is -0.163. The molecule has 0 radical (unpaired) electrons. The molecule has 102 valence electrons. The lowest BCUT2D eigenvalue weighted by atomic mass is 10.5. The lowest BCUT2D eigenvalue weighted by molar-refractivity contribution is 0.0139. The van der Waals surface area contributed by atoms with Gasteiger partial charge in [-0.15, -0.1) is 0 Å². The molecule has 0 saturated carbocycles. The summed E-state index contributed by atoms with van der Waals surface area (Å²) in [5.74, 6) is 0. The van der Waals surface area contributed by atoms with Crippen LogP contribution in [0.5, 0.6) is 0 Å². The van der Waals surface area contributed by atoms with Gasteiger partial charge in [0.1, 0.15) is 0 Å². The van der Waals surface area contributed by atoms with Crippen molar-refractivity contribution in [3.63, 3.8) is 0 Å². The minimum absolute atomic E-state index is 0.0978. The normalized spacial score (nSPS) is 13.5. The molecular formula is C13H28O3Si. The van der Waals surface area contributed by atoms with Crippen molar-refractivity contribution in [2.24, 2.45) is 0 Å². The summed E-state index contributed by atoms with van der Waals surface area (Å²) in [6.07, 6.45) is 3.32. The first-order valence-corrected chi connectivity index (χ1v) is 8.32. The van der Waals surface area contributed by atoms with E-state index in [0.29, 0.717) is 0 Å². The molecule has 0 fully saturated rings. The van der Waals surface area contributed by atoms with Crippen LogP contribution in [0.2, 0.25) is 0 Å². The third-order valence-corrected chi connectivity index (χ3v) is 4.80. The molecule has 0 aromatic heterocycles. The molecule has 17 heavy (non-hydrogen) atoms. The first kappa shape index (κ1) is 16.8. The lowest BCUT2D eigenvalue weighted by Crippen LogP contribution is -2.49. The molecule has 0 aromatic carbocycles. The average molecular weight is 260 g/mol. The molecule has 0 aliphatic heterocycles. The van der Waals surface area contributed by atoms with Crippen LogP contribution < -0.4 is 0 Å². The lowest BCUT2D eigenvalue weighted by Gasteiger charge is -2.32. The highest BCUT2D eigenvalue weighted by Crippen LogP contribution is 2.19. The van der Waals surface area contributed by atoms with Gasteiger partial charge in [-0.05, 0) is 53.7 Å². The molecule has 0 unspecified atom stereocenters. The van der Waals surface area contributed by atoms with E-state index in [1.165, 1.54) is 0 Å². The van der Waals surface area contributed by atoms with Crippen molar-refractivity contribution in [2.75, 3.05) is 0 Å². The summed E-state index contributed by atoms with van der Waals surface area (Å²) in [5.41, 5.74) is 2.01. The van der Waals surface area contributed by atoms with E-state index in [1.807, 2.05) is 47.2 Å². The minimum atomic E-state index is -2.69. The van der Waals surface area contributed by atoms with E-state index in [9.17, 15) is 0 Å². The number of allylic oxidation sites excluding steroid dienone is 1. The minimum Gasteiger partial charge on any atom is -0.368 e. The van der Waals surface area contributed by atoms with Gasteiger partial charge < -0.3 is 13.3 Å². The Morgan fingerprint density at radius 2 is 1.18 bits per heavy atom. The monoisotopic (exact) mass is 260 g/mol. The Kier molecular flexibility index (Phi) is 7.95. The van der Waals surface area contributed by atoms with Gasteiger partial charge in [0.2, 0.25) is 0 Å². The van der Waals surface area contributed by atoms with Gasteiger partial charge in [0.25, 0.3) is 0 Å². The standard InChI is InChI=1S/C13H28O3Si/c1-8-9-10-17(14-11(2)3,15-12(4)5)16-13(6)7/h9-13H,8H2,1-7H3/b10-9+. The molecule has 0 heterocycles. The number of rotatable bonds is 8. The van der Waals surface area contributed by atoms with Gasteiger partial charge in [-0.2, -0.15) is 0 Å². The molecule has 0 spiro atoms. The molecule has 0 rings (SSSR count). The number of hydrogen-bond donors (Lipinski definition) is 0. The summed E-state index contributed by atoms with van der Waals surface area (Å²) < 4.78 is 17.9. The second-order valence-electron chi connectivity index (χ2n) is 4.91. The molecule has 0 aromatic rings. The van der Waals surface area contributed by atoms with E-state index in [4.69, 9.17) is 13.3 Å². The van der Waals surface area contributed by atoms with Crippen LogP contribution in [0.15, 0.2) is 11.8 Å². The van der Waals surface area contributed by atoms with Gasteiger partial charge in [-0.1, -0.05) is 13.0 Å². The molecule has 0 aliphatic carbocycles. The Labute approximate surface area is 108 Å². The Morgan fingerprint density at radius 3 is 1.41 bits per heavy atom. The van der Waals surface area contributed by atoms with Crippen LogP contribution in [0.3, 0.4) is 0 Å². The smallest absolute Gasteiger partial charge is 0.368 e. The zero-order valence-electron chi connectivity index (χ0n) is 12.3. The summed E-state index contributed by atoms with van der Waals surface area (Å²) in [6.45, 7) is 14.1. The fourth-order valence-electron chi connectivity index (χ4n) is 1.45. The van der Waals surface area contributed by atoms with Crippen LogP contribution in [-0.2, 0) is 13.3 Å². The van der Waals surface area contributed by atoms with Gasteiger partial charge in [0.05, 0.1) is 0 Å². The molecule has 4 heteroatoms. The first-order valence-electron chi connectivity index (χ1n) is 6.52. The van der Waals surface area contributed by atoms with Crippen molar-refractivity contribution in [1.82, 2.24) is 0 Å². The number of hydrogen-bond acceptors (Lipinski definition) is 3. The second kappa shape index (κ2) is 8.03. The first-order chi connectivity index (χ1) is 7.81. The van der Waals surface area contributed by atoms with Crippen molar-refractivity contribution in [1.29, 1.82) is 0 Å².